The van der Waals surface area contributed by atoms with Crippen molar-refractivity contribution in [2.24, 2.45) is 10.9 Å². The summed E-state index contributed by atoms with van der Waals surface area (Å²) in [6.45, 7) is 4.68. The molecule has 0 amide bonds. The Bertz CT molecular complexity index is 682. The Labute approximate surface area is 131 Å². The van der Waals surface area contributed by atoms with E-state index in [-0.39, 0.29) is 0 Å². The van der Waals surface area contributed by atoms with Gasteiger partial charge in [0.1, 0.15) is 0 Å². The van der Waals surface area contributed by atoms with E-state index in [9.17, 15) is 0 Å². The zero-order chi connectivity index (χ0) is 15.9. The highest BCUT2D eigenvalue weighted by molar-refractivity contribution is 6.00. The Morgan fingerprint density at radius 3 is 2.41 bits per heavy atom. The molecule has 0 atom stereocenters. The molecular weight excluding hydrogens is 272 g/mol. The molecule has 0 aliphatic heterocycles. The van der Waals surface area contributed by atoms with Crippen molar-refractivity contribution in [2.75, 3.05) is 6.54 Å². The van der Waals surface area contributed by atoms with Crippen LogP contribution in [0, 0.1) is 13.8 Å². The monoisotopic (exact) mass is 294 g/mol. The maximum Gasteiger partial charge on any atom is 0.0880 e. The minimum Gasteiger partial charge on any atom is -0.411 e. The maximum absolute atomic E-state index is 9.10. The molecule has 0 saturated heterocycles. The van der Waals surface area contributed by atoms with Crippen LogP contribution in [0.3, 0.4) is 0 Å². The number of rotatable bonds is 5. The number of benzene rings is 2. The van der Waals surface area contributed by atoms with E-state index in [0.29, 0.717) is 18.7 Å². The molecule has 114 valence electrons. The second kappa shape index (κ2) is 7.57. The third-order valence-electron chi connectivity index (χ3n) is 3.71. The lowest BCUT2D eigenvalue weighted by molar-refractivity contribution is 0.318. The summed E-state index contributed by atoms with van der Waals surface area (Å²) >= 11 is 0. The number of nitrogens with two attached hydrogens (primary N) is 1. The zero-order valence-corrected chi connectivity index (χ0v) is 13.1. The van der Waals surface area contributed by atoms with Crippen molar-refractivity contribution in [3.8, 4) is 0 Å². The molecule has 22 heavy (non-hydrogen) atoms. The summed E-state index contributed by atoms with van der Waals surface area (Å²) in [6, 6.07) is 14.2. The van der Waals surface area contributed by atoms with Gasteiger partial charge in [-0.05, 0) is 54.3 Å². The van der Waals surface area contributed by atoms with Crippen LogP contribution in [-0.2, 0) is 0 Å². The minimum absolute atomic E-state index is 0.460. The lowest BCUT2D eigenvalue weighted by Crippen LogP contribution is -2.09. The molecule has 0 fully saturated rings. The van der Waals surface area contributed by atoms with Crippen molar-refractivity contribution < 1.29 is 5.21 Å². The third-order valence-corrected chi connectivity index (χ3v) is 3.71. The summed E-state index contributed by atoms with van der Waals surface area (Å²) in [7, 11) is 0. The Morgan fingerprint density at radius 2 is 1.77 bits per heavy atom. The fourth-order valence-corrected chi connectivity index (χ4v) is 2.48. The van der Waals surface area contributed by atoms with Crippen LogP contribution in [0.5, 0.6) is 0 Å². The van der Waals surface area contributed by atoms with Crippen molar-refractivity contribution in [3.63, 3.8) is 0 Å². The van der Waals surface area contributed by atoms with Gasteiger partial charge in [-0.1, -0.05) is 53.7 Å². The summed E-state index contributed by atoms with van der Waals surface area (Å²) in [5.74, 6) is 0. The molecule has 2 rings (SSSR count). The summed E-state index contributed by atoms with van der Waals surface area (Å²) < 4.78 is 0. The van der Waals surface area contributed by atoms with Crippen molar-refractivity contribution in [1.29, 1.82) is 0 Å². The molecule has 0 unspecified atom stereocenters. The van der Waals surface area contributed by atoms with Crippen molar-refractivity contribution >= 4 is 17.9 Å². The van der Waals surface area contributed by atoms with Crippen LogP contribution in [-0.4, -0.2) is 17.5 Å². The number of hydrogen-bond donors (Lipinski definition) is 2. The number of hydrogen-bond acceptors (Lipinski definition) is 3. The Morgan fingerprint density at radius 1 is 1.09 bits per heavy atom. The van der Waals surface area contributed by atoms with E-state index in [0.717, 1.165) is 11.1 Å². The average molecular weight is 294 g/mol. The molecule has 0 aliphatic carbocycles. The fraction of sp³-hybridized carbons (Fsp3) is 0.211. The van der Waals surface area contributed by atoms with Gasteiger partial charge in [-0.15, -0.1) is 0 Å². The standard InChI is InChI=1S/C19H22N2O/c1-14-5-3-6-15(2)18(14)10-9-16-7-4-8-17(13-16)19(21-22)11-12-20/h3-10,13,22H,11-12,20H2,1-2H3/b10-9?,21-19-. The summed E-state index contributed by atoms with van der Waals surface area (Å²) in [4.78, 5) is 0. The van der Waals surface area contributed by atoms with Crippen LogP contribution in [0.4, 0.5) is 0 Å². The van der Waals surface area contributed by atoms with Gasteiger partial charge >= 0.3 is 0 Å². The first kappa shape index (κ1) is 16.0. The molecule has 0 aliphatic rings. The van der Waals surface area contributed by atoms with Crippen LogP contribution >= 0.6 is 0 Å². The van der Waals surface area contributed by atoms with Gasteiger partial charge in [0.2, 0.25) is 0 Å². The van der Waals surface area contributed by atoms with Gasteiger partial charge in [0.25, 0.3) is 0 Å². The van der Waals surface area contributed by atoms with Gasteiger partial charge in [-0.2, -0.15) is 0 Å². The van der Waals surface area contributed by atoms with E-state index in [4.69, 9.17) is 10.9 Å². The molecule has 3 heteroatoms. The van der Waals surface area contributed by atoms with Gasteiger partial charge in [-0.3, -0.25) is 0 Å². The summed E-state index contributed by atoms with van der Waals surface area (Å²) in [5.41, 5.74) is 11.9. The van der Waals surface area contributed by atoms with Crippen LogP contribution in [0.25, 0.3) is 12.2 Å². The lowest BCUT2D eigenvalue weighted by Gasteiger charge is -2.06. The molecular formula is C19H22N2O. The minimum atomic E-state index is 0.460. The Hall–Kier alpha value is -2.39. The van der Waals surface area contributed by atoms with Gasteiger partial charge < -0.3 is 10.9 Å². The molecule has 2 aromatic rings. The van der Waals surface area contributed by atoms with E-state index in [1.165, 1.54) is 16.7 Å². The predicted molar refractivity (Wildman–Crippen MR) is 93.3 cm³/mol. The first-order chi connectivity index (χ1) is 10.7. The molecule has 0 aromatic heterocycles. The molecule has 2 aromatic carbocycles. The second-order valence-electron chi connectivity index (χ2n) is 5.35. The SMILES string of the molecule is Cc1cccc(C)c1C=Cc1cccc(/C(CCN)=N\O)c1. The lowest BCUT2D eigenvalue weighted by atomic mass is 10.0. The Kier molecular flexibility index (Phi) is 5.50. The number of aryl methyl sites for hydroxylation is 2. The van der Waals surface area contributed by atoms with Gasteiger partial charge in [0.15, 0.2) is 0 Å². The van der Waals surface area contributed by atoms with E-state index in [1.807, 2.05) is 24.3 Å². The summed E-state index contributed by atoms with van der Waals surface area (Å²) in [6.07, 6.45) is 4.76. The maximum atomic E-state index is 9.10. The highest BCUT2D eigenvalue weighted by atomic mass is 16.4. The molecule has 0 spiro atoms. The quantitative estimate of drug-likeness (QED) is 0.379. The van der Waals surface area contributed by atoms with Gasteiger partial charge in [-0.25, -0.2) is 0 Å². The molecule has 0 heterocycles. The van der Waals surface area contributed by atoms with Crippen molar-refractivity contribution in [3.05, 3.63) is 70.3 Å². The first-order valence-electron chi connectivity index (χ1n) is 7.41. The Balaban J connectivity index is 2.29. The topological polar surface area (TPSA) is 58.6 Å². The highest BCUT2D eigenvalue weighted by Crippen LogP contribution is 2.17. The number of oxime groups is 1. The fourth-order valence-electron chi connectivity index (χ4n) is 2.48. The molecule has 0 saturated carbocycles. The van der Waals surface area contributed by atoms with Gasteiger partial charge in [0.05, 0.1) is 5.71 Å². The highest BCUT2D eigenvalue weighted by Gasteiger charge is 2.04. The normalized spacial score (nSPS) is 12.0. The smallest absolute Gasteiger partial charge is 0.0880 e. The van der Waals surface area contributed by atoms with Crippen molar-refractivity contribution in [2.45, 2.75) is 20.3 Å². The largest absolute Gasteiger partial charge is 0.411 e. The zero-order valence-electron chi connectivity index (χ0n) is 13.1. The van der Waals surface area contributed by atoms with Crippen molar-refractivity contribution in [1.82, 2.24) is 0 Å². The third kappa shape index (κ3) is 3.83. The van der Waals surface area contributed by atoms with Crippen LogP contribution in [0.15, 0.2) is 47.6 Å². The molecule has 3 N–H and O–H groups in total. The van der Waals surface area contributed by atoms with E-state index in [1.54, 1.807) is 0 Å². The molecule has 0 radical (unpaired) electrons. The average Bonchev–Trinajstić information content (AvgIpc) is 2.52. The van der Waals surface area contributed by atoms with Gasteiger partial charge in [0, 0.05) is 6.42 Å². The van der Waals surface area contributed by atoms with E-state index in [2.05, 4.69) is 49.4 Å². The van der Waals surface area contributed by atoms with Crippen LogP contribution in [0.1, 0.15) is 34.2 Å². The summed E-state index contributed by atoms with van der Waals surface area (Å²) in [5, 5.41) is 12.4. The molecule has 3 nitrogen and oxygen atoms in total. The molecule has 0 bridgehead atoms. The first-order valence-corrected chi connectivity index (χ1v) is 7.41. The van der Waals surface area contributed by atoms with E-state index >= 15 is 0 Å². The van der Waals surface area contributed by atoms with E-state index < -0.39 is 0 Å². The predicted octanol–water partition coefficient (Wildman–Crippen LogP) is 4.00. The number of nitrogens with zero attached hydrogens (tertiary/aromatic N) is 1. The second-order valence-corrected chi connectivity index (χ2v) is 5.35. The van der Waals surface area contributed by atoms with Crippen LogP contribution in [0.2, 0.25) is 0 Å². The van der Waals surface area contributed by atoms with Crippen LogP contribution < -0.4 is 5.73 Å².